The van der Waals surface area contributed by atoms with Crippen molar-refractivity contribution in [3.8, 4) is 0 Å². The summed E-state index contributed by atoms with van der Waals surface area (Å²) in [6.45, 7) is 3.65. The molecule has 1 nitrogen and oxygen atoms in total. The highest BCUT2D eigenvalue weighted by Crippen LogP contribution is 2.37. The lowest BCUT2D eigenvalue weighted by Gasteiger charge is -2.13. The van der Waals surface area contributed by atoms with Crippen molar-refractivity contribution < 1.29 is 4.39 Å². The van der Waals surface area contributed by atoms with E-state index in [1.54, 1.807) is 13.0 Å². The molecule has 0 heterocycles. The molecule has 0 unspecified atom stereocenters. The molecule has 3 heteroatoms. The van der Waals surface area contributed by atoms with Crippen LogP contribution < -0.4 is 5.73 Å². The number of halogens is 2. The van der Waals surface area contributed by atoms with Gasteiger partial charge in [-0.2, -0.15) is 0 Å². The molecule has 0 spiro atoms. The van der Waals surface area contributed by atoms with Crippen molar-refractivity contribution in [2.75, 3.05) is 0 Å². The summed E-state index contributed by atoms with van der Waals surface area (Å²) >= 11 is 6.08. The standard InChI is InChI=1S/C13H17ClFN/c1-8-10(3-4-13(16)5-6-13)7-11(15)9(2)12(8)14/h7H,3-6,16H2,1-2H3. The molecule has 16 heavy (non-hydrogen) atoms. The molecule has 0 radical (unpaired) electrons. The van der Waals surface area contributed by atoms with Crippen LogP contribution in [0.3, 0.4) is 0 Å². The molecule has 0 atom stereocenters. The predicted octanol–water partition coefficient (Wildman–Crippen LogP) is 3.52. The van der Waals surface area contributed by atoms with Gasteiger partial charge in [0.05, 0.1) is 0 Å². The van der Waals surface area contributed by atoms with Crippen LogP contribution in [0, 0.1) is 19.7 Å². The highest BCUT2D eigenvalue weighted by Gasteiger charge is 2.37. The van der Waals surface area contributed by atoms with Crippen LogP contribution >= 0.6 is 11.6 Å². The summed E-state index contributed by atoms with van der Waals surface area (Å²) in [5, 5.41) is 0.553. The quantitative estimate of drug-likeness (QED) is 0.861. The van der Waals surface area contributed by atoms with Crippen molar-refractivity contribution in [3.05, 3.63) is 33.6 Å². The fraction of sp³-hybridized carbons (Fsp3) is 0.538. The largest absolute Gasteiger partial charge is 0.325 e. The second kappa shape index (κ2) is 4.01. The van der Waals surface area contributed by atoms with E-state index in [0.29, 0.717) is 10.6 Å². The summed E-state index contributed by atoms with van der Waals surface area (Å²) in [7, 11) is 0. The highest BCUT2D eigenvalue weighted by molar-refractivity contribution is 6.32. The molecule has 1 aromatic rings. The number of hydrogen-bond donors (Lipinski definition) is 1. The van der Waals surface area contributed by atoms with Crippen LogP contribution in [0.1, 0.15) is 36.0 Å². The Bertz CT molecular complexity index is 424. The Labute approximate surface area is 101 Å². The summed E-state index contributed by atoms with van der Waals surface area (Å²) in [5.74, 6) is -0.215. The molecule has 88 valence electrons. The van der Waals surface area contributed by atoms with E-state index in [1.165, 1.54) is 0 Å². The average Bonchev–Trinajstić information content (AvgIpc) is 2.98. The first-order chi connectivity index (χ1) is 7.43. The lowest BCUT2D eigenvalue weighted by Crippen LogP contribution is -2.22. The minimum absolute atomic E-state index is 0.0142. The summed E-state index contributed by atoms with van der Waals surface area (Å²) in [6, 6.07) is 1.60. The third kappa shape index (κ3) is 2.23. The maximum absolute atomic E-state index is 13.5. The first-order valence-electron chi connectivity index (χ1n) is 5.66. The van der Waals surface area contributed by atoms with Gasteiger partial charge in [0.25, 0.3) is 0 Å². The van der Waals surface area contributed by atoms with Crippen LogP contribution in [0.25, 0.3) is 0 Å². The van der Waals surface area contributed by atoms with Gasteiger partial charge >= 0.3 is 0 Å². The minimum Gasteiger partial charge on any atom is -0.325 e. The van der Waals surface area contributed by atoms with E-state index >= 15 is 0 Å². The molecular weight excluding hydrogens is 225 g/mol. The van der Waals surface area contributed by atoms with E-state index in [-0.39, 0.29) is 11.4 Å². The molecule has 0 aromatic heterocycles. The second-order valence-electron chi connectivity index (χ2n) is 4.94. The first kappa shape index (κ1) is 11.9. The number of hydrogen-bond acceptors (Lipinski definition) is 1. The van der Waals surface area contributed by atoms with E-state index < -0.39 is 0 Å². The third-order valence-corrected chi connectivity index (χ3v) is 4.15. The SMILES string of the molecule is Cc1c(F)cc(CCC2(N)CC2)c(C)c1Cl. The van der Waals surface area contributed by atoms with Gasteiger partial charge in [-0.3, -0.25) is 0 Å². The van der Waals surface area contributed by atoms with Crippen molar-refractivity contribution in [2.24, 2.45) is 5.73 Å². The van der Waals surface area contributed by atoms with Crippen LogP contribution in [-0.4, -0.2) is 5.54 Å². The van der Waals surface area contributed by atoms with Crippen LogP contribution in [0.2, 0.25) is 5.02 Å². The van der Waals surface area contributed by atoms with Crippen molar-refractivity contribution >= 4 is 11.6 Å². The summed E-state index contributed by atoms with van der Waals surface area (Å²) in [5.41, 5.74) is 8.56. The fourth-order valence-electron chi connectivity index (χ4n) is 1.95. The van der Waals surface area contributed by atoms with Crippen LogP contribution in [0.4, 0.5) is 4.39 Å². The topological polar surface area (TPSA) is 26.0 Å². The number of aryl methyl sites for hydroxylation is 1. The first-order valence-corrected chi connectivity index (χ1v) is 6.04. The van der Waals surface area contributed by atoms with Crippen molar-refractivity contribution in [3.63, 3.8) is 0 Å². The molecule has 1 aliphatic carbocycles. The second-order valence-corrected chi connectivity index (χ2v) is 5.32. The third-order valence-electron chi connectivity index (χ3n) is 3.58. The molecule has 0 saturated heterocycles. The van der Waals surface area contributed by atoms with E-state index in [9.17, 15) is 4.39 Å². The normalized spacial score (nSPS) is 17.6. The van der Waals surface area contributed by atoms with Crippen molar-refractivity contribution in [2.45, 2.75) is 45.1 Å². The lowest BCUT2D eigenvalue weighted by atomic mass is 9.98. The van der Waals surface area contributed by atoms with E-state index in [1.807, 2.05) is 6.92 Å². The Morgan fingerprint density at radius 3 is 2.56 bits per heavy atom. The Morgan fingerprint density at radius 1 is 1.38 bits per heavy atom. The lowest BCUT2D eigenvalue weighted by molar-refractivity contribution is 0.594. The Balaban J connectivity index is 2.20. The van der Waals surface area contributed by atoms with Crippen LogP contribution in [-0.2, 0) is 6.42 Å². The smallest absolute Gasteiger partial charge is 0.127 e. The molecule has 1 aromatic carbocycles. The molecule has 0 aliphatic heterocycles. The summed E-state index contributed by atoms with van der Waals surface area (Å²) < 4.78 is 13.5. The molecule has 1 fully saturated rings. The summed E-state index contributed by atoms with van der Waals surface area (Å²) in [4.78, 5) is 0. The van der Waals surface area contributed by atoms with Gasteiger partial charge in [-0.1, -0.05) is 11.6 Å². The van der Waals surface area contributed by atoms with Gasteiger partial charge in [0.2, 0.25) is 0 Å². The van der Waals surface area contributed by atoms with E-state index in [4.69, 9.17) is 17.3 Å². The molecule has 2 rings (SSSR count). The van der Waals surface area contributed by atoms with Crippen molar-refractivity contribution in [1.82, 2.24) is 0 Å². The van der Waals surface area contributed by atoms with Crippen LogP contribution in [0.15, 0.2) is 6.07 Å². The number of nitrogens with two attached hydrogens (primary N) is 1. The molecule has 0 amide bonds. The van der Waals surface area contributed by atoms with E-state index in [0.717, 1.165) is 36.8 Å². The van der Waals surface area contributed by atoms with Gasteiger partial charge in [-0.05, 0) is 56.7 Å². The van der Waals surface area contributed by atoms with Gasteiger partial charge in [0.15, 0.2) is 0 Å². The summed E-state index contributed by atoms with van der Waals surface area (Å²) in [6.07, 6.45) is 3.92. The van der Waals surface area contributed by atoms with Gasteiger partial charge in [-0.15, -0.1) is 0 Å². The fourth-order valence-corrected chi connectivity index (χ4v) is 2.16. The molecule has 2 N–H and O–H groups in total. The van der Waals surface area contributed by atoms with Gasteiger partial charge in [-0.25, -0.2) is 4.39 Å². The maximum atomic E-state index is 13.5. The number of benzene rings is 1. The molecular formula is C13H17ClFN. The Morgan fingerprint density at radius 2 is 2.00 bits per heavy atom. The van der Waals surface area contributed by atoms with Gasteiger partial charge in [0, 0.05) is 16.1 Å². The zero-order valence-corrected chi connectivity index (χ0v) is 10.5. The zero-order valence-electron chi connectivity index (χ0n) is 9.74. The van der Waals surface area contributed by atoms with E-state index in [2.05, 4.69) is 0 Å². The van der Waals surface area contributed by atoms with Gasteiger partial charge in [0.1, 0.15) is 5.82 Å². The molecule has 0 bridgehead atoms. The minimum atomic E-state index is -0.215. The van der Waals surface area contributed by atoms with Gasteiger partial charge < -0.3 is 5.73 Å². The zero-order chi connectivity index (χ0) is 11.9. The van der Waals surface area contributed by atoms with Crippen molar-refractivity contribution in [1.29, 1.82) is 0 Å². The Hall–Kier alpha value is -0.600. The predicted molar refractivity (Wildman–Crippen MR) is 65.4 cm³/mol. The highest BCUT2D eigenvalue weighted by atomic mass is 35.5. The molecule has 1 saturated carbocycles. The maximum Gasteiger partial charge on any atom is 0.127 e. The monoisotopic (exact) mass is 241 g/mol. The molecule has 1 aliphatic rings. The number of rotatable bonds is 3. The van der Waals surface area contributed by atoms with Crippen LogP contribution in [0.5, 0.6) is 0 Å². The Kier molecular flexibility index (Phi) is 2.97. The average molecular weight is 242 g/mol.